The molecule has 86 valence electrons. The fourth-order valence-corrected chi connectivity index (χ4v) is 2.59. The summed E-state index contributed by atoms with van der Waals surface area (Å²) in [6, 6.07) is 0. The Morgan fingerprint density at radius 3 is 2.13 bits per heavy atom. The van der Waals surface area contributed by atoms with Gasteiger partial charge in [-0.15, -0.1) is 0 Å². The monoisotopic (exact) mass is 208 g/mol. The van der Waals surface area contributed by atoms with Crippen LogP contribution in [-0.2, 0) is 0 Å². The van der Waals surface area contributed by atoms with Gasteiger partial charge in [0, 0.05) is 0 Å². The highest BCUT2D eigenvalue weighted by Gasteiger charge is 2.42. The van der Waals surface area contributed by atoms with Crippen LogP contribution in [-0.4, -0.2) is 10.7 Å². The second kappa shape index (κ2) is 3.79. The van der Waals surface area contributed by atoms with Gasteiger partial charge in [0.15, 0.2) is 0 Å². The summed E-state index contributed by atoms with van der Waals surface area (Å²) < 4.78 is 0. The Morgan fingerprint density at radius 2 is 1.73 bits per heavy atom. The van der Waals surface area contributed by atoms with Crippen LogP contribution in [0.3, 0.4) is 0 Å². The highest BCUT2D eigenvalue weighted by atomic mass is 16.3. The van der Waals surface area contributed by atoms with Crippen LogP contribution in [0, 0.1) is 10.8 Å². The van der Waals surface area contributed by atoms with Crippen molar-refractivity contribution in [2.45, 2.75) is 53.1 Å². The zero-order valence-electron chi connectivity index (χ0n) is 10.7. The predicted molar refractivity (Wildman–Crippen MR) is 65.7 cm³/mol. The lowest BCUT2D eigenvalue weighted by molar-refractivity contribution is -0.0438. The van der Waals surface area contributed by atoms with Gasteiger partial charge in [-0.25, -0.2) is 0 Å². The molecule has 1 nitrogen and oxygen atoms in total. The molecule has 1 aliphatic carbocycles. The SMILES string of the molecule is CC(C)(C)CC(C)(C)C1(O)C=CC=CC1. The molecule has 0 aliphatic heterocycles. The van der Waals surface area contributed by atoms with Crippen LogP contribution in [0.2, 0.25) is 0 Å². The molecule has 1 atom stereocenters. The van der Waals surface area contributed by atoms with Crippen molar-refractivity contribution < 1.29 is 5.11 Å². The van der Waals surface area contributed by atoms with E-state index in [0.717, 1.165) is 12.8 Å². The summed E-state index contributed by atoms with van der Waals surface area (Å²) in [4.78, 5) is 0. The van der Waals surface area contributed by atoms with Crippen LogP contribution < -0.4 is 0 Å². The van der Waals surface area contributed by atoms with Crippen LogP contribution in [0.1, 0.15) is 47.5 Å². The Labute approximate surface area is 93.9 Å². The molecular weight excluding hydrogens is 184 g/mol. The van der Waals surface area contributed by atoms with Gasteiger partial charge < -0.3 is 5.11 Å². The second-order valence-electron chi connectivity index (χ2n) is 6.54. The second-order valence-corrected chi connectivity index (χ2v) is 6.54. The highest BCUT2D eigenvalue weighted by Crippen LogP contribution is 2.44. The minimum atomic E-state index is -0.685. The molecule has 0 saturated heterocycles. The fraction of sp³-hybridized carbons (Fsp3) is 0.714. The maximum atomic E-state index is 10.6. The van der Waals surface area contributed by atoms with Crippen molar-refractivity contribution in [3.8, 4) is 0 Å². The van der Waals surface area contributed by atoms with Crippen LogP contribution in [0.5, 0.6) is 0 Å². The molecule has 0 aromatic heterocycles. The number of hydrogen-bond acceptors (Lipinski definition) is 1. The van der Waals surface area contributed by atoms with Crippen molar-refractivity contribution in [3.05, 3.63) is 24.3 Å². The van der Waals surface area contributed by atoms with Crippen LogP contribution in [0.4, 0.5) is 0 Å². The number of rotatable bonds is 2. The van der Waals surface area contributed by atoms with Crippen molar-refractivity contribution in [1.82, 2.24) is 0 Å². The van der Waals surface area contributed by atoms with E-state index >= 15 is 0 Å². The van der Waals surface area contributed by atoms with Crippen molar-refractivity contribution in [2.75, 3.05) is 0 Å². The van der Waals surface area contributed by atoms with Gasteiger partial charge in [-0.2, -0.15) is 0 Å². The third kappa shape index (κ3) is 2.94. The van der Waals surface area contributed by atoms with Crippen molar-refractivity contribution in [3.63, 3.8) is 0 Å². The normalized spacial score (nSPS) is 27.1. The van der Waals surface area contributed by atoms with E-state index in [-0.39, 0.29) is 10.8 Å². The van der Waals surface area contributed by atoms with E-state index in [0.29, 0.717) is 0 Å². The Hall–Kier alpha value is -0.560. The zero-order chi connectivity index (χ0) is 11.7. The van der Waals surface area contributed by atoms with E-state index in [1.165, 1.54) is 0 Å². The molecule has 0 aromatic carbocycles. The lowest BCUT2D eigenvalue weighted by Crippen LogP contribution is -2.45. The third-order valence-corrected chi connectivity index (χ3v) is 3.19. The first-order valence-corrected chi connectivity index (χ1v) is 5.73. The molecule has 0 fully saturated rings. The molecule has 0 amide bonds. The van der Waals surface area contributed by atoms with Crippen molar-refractivity contribution in [1.29, 1.82) is 0 Å². The molecule has 0 saturated carbocycles. The zero-order valence-corrected chi connectivity index (χ0v) is 10.7. The lowest BCUT2D eigenvalue weighted by atomic mass is 9.64. The Bertz CT molecular complexity index is 278. The molecule has 1 aliphatic rings. The van der Waals surface area contributed by atoms with E-state index < -0.39 is 5.60 Å². The average Bonchev–Trinajstić information content (AvgIpc) is 2.00. The fourth-order valence-electron chi connectivity index (χ4n) is 2.59. The Balaban J connectivity index is 2.85. The van der Waals surface area contributed by atoms with Gasteiger partial charge in [0.1, 0.15) is 0 Å². The van der Waals surface area contributed by atoms with Gasteiger partial charge in [-0.3, -0.25) is 0 Å². The van der Waals surface area contributed by atoms with E-state index in [1.54, 1.807) is 0 Å². The number of hydrogen-bond donors (Lipinski definition) is 1. The van der Waals surface area contributed by atoms with Crippen molar-refractivity contribution in [2.24, 2.45) is 10.8 Å². The summed E-state index contributed by atoms with van der Waals surface area (Å²) in [5.41, 5.74) is -0.532. The molecule has 1 heteroatoms. The van der Waals surface area contributed by atoms with Crippen molar-refractivity contribution >= 4 is 0 Å². The highest BCUT2D eigenvalue weighted by molar-refractivity contribution is 5.21. The maximum absolute atomic E-state index is 10.6. The van der Waals surface area contributed by atoms with Gasteiger partial charge in [-0.05, 0) is 23.7 Å². The third-order valence-electron chi connectivity index (χ3n) is 3.19. The average molecular weight is 208 g/mol. The Morgan fingerprint density at radius 1 is 1.13 bits per heavy atom. The summed E-state index contributed by atoms with van der Waals surface area (Å²) in [7, 11) is 0. The summed E-state index contributed by atoms with van der Waals surface area (Å²) in [5, 5.41) is 10.6. The quantitative estimate of drug-likeness (QED) is 0.733. The number of allylic oxidation sites excluding steroid dienone is 2. The minimum absolute atomic E-state index is 0.0908. The van der Waals surface area contributed by atoms with Gasteiger partial charge >= 0.3 is 0 Å². The molecular formula is C14H24O. The van der Waals surface area contributed by atoms with Crippen LogP contribution in [0.25, 0.3) is 0 Å². The van der Waals surface area contributed by atoms with Crippen LogP contribution >= 0.6 is 0 Å². The van der Waals surface area contributed by atoms with Crippen LogP contribution in [0.15, 0.2) is 24.3 Å². The first kappa shape index (κ1) is 12.5. The van der Waals surface area contributed by atoms with E-state index in [1.807, 2.05) is 24.3 Å². The molecule has 0 heterocycles. The molecule has 1 N–H and O–H groups in total. The smallest absolute Gasteiger partial charge is 0.0915 e. The largest absolute Gasteiger partial charge is 0.385 e. The van der Waals surface area contributed by atoms with Gasteiger partial charge in [0.05, 0.1) is 5.60 Å². The topological polar surface area (TPSA) is 20.2 Å². The molecule has 0 radical (unpaired) electrons. The van der Waals surface area contributed by atoms with Gasteiger partial charge in [0.25, 0.3) is 0 Å². The summed E-state index contributed by atoms with van der Waals surface area (Å²) in [5.74, 6) is 0. The Kier molecular flexibility index (Phi) is 3.16. The standard InChI is InChI=1S/C14H24O/c1-12(2,3)11-13(4,5)14(15)9-7-6-8-10-14/h6-9,15H,10-11H2,1-5H3. The van der Waals surface area contributed by atoms with E-state index in [2.05, 4.69) is 34.6 Å². The molecule has 0 spiro atoms. The first-order valence-electron chi connectivity index (χ1n) is 5.73. The summed E-state index contributed by atoms with van der Waals surface area (Å²) in [6.45, 7) is 11.0. The minimum Gasteiger partial charge on any atom is -0.385 e. The van der Waals surface area contributed by atoms with Gasteiger partial charge in [0.2, 0.25) is 0 Å². The molecule has 1 rings (SSSR count). The molecule has 0 aromatic rings. The molecule has 15 heavy (non-hydrogen) atoms. The first-order chi connectivity index (χ1) is 6.66. The van der Waals surface area contributed by atoms with E-state index in [9.17, 15) is 5.11 Å². The summed E-state index contributed by atoms with van der Waals surface area (Å²) in [6.07, 6.45) is 9.68. The molecule has 0 bridgehead atoms. The number of aliphatic hydroxyl groups is 1. The maximum Gasteiger partial charge on any atom is 0.0915 e. The summed E-state index contributed by atoms with van der Waals surface area (Å²) >= 11 is 0. The lowest BCUT2D eigenvalue weighted by Gasteiger charge is -2.44. The van der Waals surface area contributed by atoms with E-state index in [4.69, 9.17) is 0 Å². The van der Waals surface area contributed by atoms with Gasteiger partial charge in [-0.1, -0.05) is 58.9 Å². The molecule has 1 unspecified atom stereocenters. The predicted octanol–water partition coefficient (Wildman–Crippen LogP) is 3.70.